The molecular weight excluding hydrogens is 306 g/mol. The Labute approximate surface area is 139 Å². The Balaban J connectivity index is 1.53. The number of methoxy groups -OCH3 is 1. The van der Waals surface area contributed by atoms with Gasteiger partial charge in [-0.05, 0) is 12.1 Å². The minimum Gasteiger partial charge on any atom is -0.481 e. The molecule has 3 aromatic heterocycles. The van der Waals surface area contributed by atoms with Gasteiger partial charge in [-0.3, -0.25) is 0 Å². The summed E-state index contributed by atoms with van der Waals surface area (Å²) in [5.74, 6) is 2.40. The predicted molar refractivity (Wildman–Crippen MR) is 90.3 cm³/mol. The van der Waals surface area contributed by atoms with E-state index in [1.54, 1.807) is 19.6 Å². The van der Waals surface area contributed by atoms with Gasteiger partial charge in [-0.25, -0.2) is 24.9 Å². The highest BCUT2D eigenvalue weighted by Crippen LogP contribution is 2.24. The molecule has 0 unspecified atom stereocenters. The third kappa shape index (κ3) is 2.66. The van der Waals surface area contributed by atoms with Crippen LogP contribution in [0.15, 0.2) is 37.1 Å². The third-order valence-electron chi connectivity index (χ3n) is 4.13. The van der Waals surface area contributed by atoms with Crippen LogP contribution in [0, 0.1) is 0 Å². The van der Waals surface area contributed by atoms with Gasteiger partial charge in [-0.1, -0.05) is 0 Å². The molecule has 0 bridgehead atoms. The summed E-state index contributed by atoms with van der Waals surface area (Å²) in [5.41, 5.74) is 0.727. The van der Waals surface area contributed by atoms with Crippen molar-refractivity contribution < 1.29 is 4.74 Å². The maximum Gasteiger partial charge on any atom is 0.218 e. The van der Waals surface area contributed by atoms with E-state index in [-0.39, 0.29) is 0 Å². The van der Waals surface area contributed by atoms with Crippen molar-refractivity contribution in [2.75, 3.05) is 43.1 Å². The molecule has 3 aromatic rings. The average Bonchev–Trinajstić information content (AvgIpc) is 2.68. The number of pyridine rings is 1. The van der Waals surface area contributed by atoms with Crippen molar-refractivity contribution in [3.05, 3.63) is 37.1 Å². The van der Waals surface area contributed by atoms with Gasteiger partial charge in [0, 0.05) is 38.4 Å². The number of rotatable bonds is 3. The van der Waals surface area contributed by atoms with Crippen LogP contribution in [0.3, 0.4) is 0 Å². The molecule has 1 aliphatic heterocycles. The van der Waals surface area contributed by atoms with Crippen molar-refractivity contribution in [3.8, 4) is 5.88 Å². The highest BCUT2D eigenvalue weighted by Gasteiger charge is 2.21. The molecule has 0 spiro atoms. The number of piperazine rings is 1. The van der Waals surface area contributed by atoms with E-state index in [1.165, 1.54) is 6.33 Å². The molecule has 8 nitrogen and oxygen atoms in total. The second kappa shape index (κ2) is 6.23. The molecule has 0 N–H and O–H groups in total. The van der Waals surface area contributed by atoms with Gasteiger partial charge in [0.15, 0.2) is 5.65 Å². The van der Waals surface area contributed by atoms with Crippen molar-refractivity contribution >= 4 is 22.7 Å². The maximum atomic E-state index is 5.17. The zero-order valence-corrected chi connectivity index (χ0v) is 13.3. The van der Waals surface area contributed by atoms with Crippen LogP contribution in [0.2, 0.25) is 0 Å². The highest BCUT2D eigenvalue weighted by molar-refractivity contribution is 5.86. The fraction of sp³-hybridized carbons (Fsp3) is 0.312. The summed E-state index contributed by atoms with van der Waals surface area (Å²) in [6.07, 6.45) is 4.86. The summed E-state index contributed by atoms with van der Waals surface area (Å²) in [5, 5.41) is 0.983. The van der Waals surface area contributed by atoms with Crippen LogP contribution < -0.4 is 14.5 Å². The van der Waals surface area contributed by atoms with Crippen molar-refractivity contribution in [1.82, 2.24) is 24.9 Å². The first-order valence-electron chi connectivity index (χ1n) is 7.77. The molecule has 0 atom stereocenters. The first-order valence-corrected chi connectivity index (χ1v) is 7.77. The fourth-order valence-electron chi connectivity index (χ4n) is 2.90. The van der Waals surface area contributed by atoms with Gasteiger partial charge in [0.1, 0.15) is 24.3 Å². The third-order valence-corrected chi connectivity index (χ3v) is 4.13. The lowest BCUT2D eigenvalue weighted by molar-refractivity contribution is 0.396. The summed E-state index contributed by atoms with van der Waals surface area (Å²) in [6.45, 7) is 3.42. The van der Waals surface area contributed by atoms with Gasteiger partial charge in [-0.15, -0.1) is 0 Å². The van der Waals surface area contributed by atoms with E-state index in [0.717, 1.165) is 48.8 Å². The summed E-state index contributed by atoms with van der Waals surface area (Å²) >= 11 is 0. The first kappa shape index (κ1) is 14.6. The summed E-state index contributed by atoms with van der Waals surface area (Å²) in [6, 6.07) is 5.79. The van der Waals surface area contributed by atoms with E-state index < -0.39 is 0 Å². The van der Waals surface area contributed by atoms with Crippen molar-refractivity contribution in [2.45, 2.75) is 0 Å². The van der Waals surface area contributed by atoms with Gasteiger partial charge in [0.05, 0.1) is 12.5 Å². The highest BCUT2D eigenvalue weighted by atomic mass is 16.5. The van der Waals surface area contributed by atoms with E-state index >= 15 is 0 Å². The van der Waals surface area contributed by atoms with Gasteiger partial charge in [0.2, 0.25) is 5.88 Å². The smallest absolute Gasteiger partial charge is 0.218 e. The molecule has 4 heterocycles. The lowest BCUT2D eigenvalue weighted by atomic mass is 10.2. The largest absolute Gasteiger partial charge is 0.481 e. The molecule has 122 valence electrons. The molecule has 0 amide bonds. The number of aromatic nitrogens is 5. The standard InChI is InChI=1S/C16H17N7O/c1-24-14-9-13(18-10-19-14)22-5-7-23(8-6-22)16-12-3-2-4-17-15(12)20-11-21-16/h2-4,9-11H,5-8H2,1H3. The number of nitrogens with zero attached hydrogens (tertiary/aromatic N) is 7. The van der Waals surface area contributed by atoms with Crippen LogP contribution in [-0.4, -0.2) is 58.2 Å². The second-order valence-corrected chi connectivity index (χ2v) is 5.46. The van der Waals surface area contributed by atoms with E-state index in [0.29, 0.717) is 5.88 Å². The number of ether oxygens (including phenoxy) is 1. The van der Waals surface area contributed by atoms with Gasteiger partial charge >= 0.3 is 0 Å². The minimum atomic E-state index is 0.579. The van der Waals surface area contributed by atoms with E-state index in [4.69, 9.17) is 4.74 Å². The van der Waals surface area contributed by atoms with Crippen molar-refractivity contribution in [1.29, 1.82) is 0 Å². The van der Waals surface area contributed by atoms with Crippen molar-refractivity contribution in [2.24, 2.45) is 0 Å². The van der Waals surface area contributed by atoms with Crippen molar-refractivity contribution in [3.63, 3.8) is 0 Å². The van der Waals surface area contributed by atoms with Gasteiger partial charge < -0.3 is 14.5 Å². The lowest BCUT2D eigenvalue weighted by Crippen LogP contribution is -2.47. The molecule has 4 rings (SSSR count). The van der Waals surface area contributed by atoms with Crippen LogP contribution in [0.5, 0.6) is 5.88 Å². The SMILES string of the molecule is COc1cc(N2CCN(c3ncnc4ncccc34)CC2)ncn1. The monoisotopic (exact) mass is 323 g/mol. The Morgan fingerprint density at radius 2 is 1.71 bits per heavy atom. The summed E-state index contributed by atoms with van der Waals surface area (Å²) < 4.78 is 5.17. The lowest BCUT2D eigenvalue weighted by Gasteiger charge is -2.36. The average molecular weight is 323 g/mol. The Bertz CT molecular complexity index is 843. The zero-order chi connectivity index (χ0) is 16.4. The van der Waals surface area contributed by atoms with Crippen LogP contribution in [0.4, 0.5) is 11.6 Å². The van der Waals surface area contributed by atoms with E-state index in [1.807, 2.05) is 18.2 Å². The fourth-order valence-corrected chi connectivity index (χ4v) is 2.90. The van der Waals surface area contributed by atoms with Crippen LogP contribution in [0.25, 0.3) is 11.0 Å². The summed E-state index contributed by atoms with van der Waals surface area (Å²) in [7, 11) is 1.61. The molecule has 0 aromatic carbocycles. The molecule has 24 heavy (non-hydrogen) atoms. The van der Waals surface area contributed by atoms with E-state index in [2.05, 4.69) is 34.7 Å². The molecule has 0 radical (unpaired) electrons. The molecule has 1 saturated heterocycles. The van der Waals surface area contributed by atoms with Crippen LogP contribution in [0.1, 0.15) is 0 Å². The molecule has 0 saturated carbocycles. The number of hydrogen-bond acceptors (Lipinski definition) is 8. The Morgan fingerprint density at radius 3 is 2.54 bits per heavy atom. The zero-order valence-electron chi connectivity index (χ0n) is 13.3. The molecule has 1 aliphatic rings. The minimum absolute atomic E-state index is 0.579. The number of anilines is 2. The normalized spacial score (nSPS) is 14.9. The second-order valence-electron chi connectivity index (χ2n) is 5.46. The molecule has 1 fully saturated rings. The van der Waals surface area contributed by atoms with E-state index in [9.17, 15) is 0 Å². The Hall–Kier alpha value is -3.03. The van der Waals surface area contributed by atoms with Crippen LogP contribution in [-0.2, 0) is 0 Å². The summed E-state index contributed by atoms with van der Waals surface area (Å²) in [4.78, 5) is 25.9. The Morgan fingerprint density at radius 1 is 0.917 bits per heavy atom. The first-order chi connectivity index (χ1) is 11.8. The maximum absolute atomic E-state index is 5.17. The predicted octanol–water partition coefficient (Wildman–Crippen LogP) is 1.15. The van der Waals surface area contributed by atoms with Crippen LogP contribution >= 0.6 is 0 Å². The van der Waals surface area contributed by atoms with Gasteiger partial charge in [-0.2, -0.15) is 0 Å². The number of fused-ring (bicyclic) bond motifs is 1. The topological polar surface area (TPSA) is 80.2 Å². The quantitative estimate of drug-likeness (QED) is 0.710. The molecular formula is C16H17N7O. The Kier molecular flexibility index (Phi) is 3.78. The van der Waals surface area contributed by atoms with Gasteiger partial charge in [0.25, 0.3) is 0 Å². The molecule has 0 aliphatic carbocycles. The number of hydrogen-bond donors (Lipinski definition) is 0. The molecule has 8 heteroatoms.